The third-order valence-electron chi connectivity index (χ3n) is 2.87. The molecule has 1 aromatic carbocycles. The minimum absolute atomic E-state index is 0.0642. The van der Waals surface area contributed by atoms with E-state index < -0.39 is 5.91 Å². The molecule has 0 bridgehead atoms. The van der Waals surface area contributed by atoms with Crippen molar-refractivity contribution in [2.24, 2.45) is 0 Å². The van der Waals surface area contributed by atoms with Gasteiger partial charge in [-0.25, -0.2) is 4.98 Å². The van der Waals surface area contributed by atoms with Crippen LogP contribution in [0.15, 0.2) is 58.8 Å². The van der Waals surface area contributed by atoms with Crippen LogP contribution in [0.25, 0.3) is 0 Å². The Bertz CT molecular complexity index is 782. The van der Waals surface area contributed by atoms with Gasteiger partial charge in [0.2, 0.25) is 0 Å². The van der Waals surface area contributed by atoms with Crippen LogP contribution in [0.1, 0.15) is 6.92 Å². The van der Waals surface area contributed by atoms with Crippen molar-refractivity contribution in [2.75, 3.05) is 17.2 Å². The van der Waals surface area contributed by atoms with Gasteiger partial charge in [-0.1, -0.05) is 15.9 Å². The maximum absolute atomic E-state index is 12.1. The van der Waals surface area contributed by atoms with Gasteiger partial charge >= 0.3 is 0 Å². The largest absolute Gasteiger partial charge is 0.494 e. The average molecular weight is 387 g/mol. The van der Waals surface area contributed by atoms with Crippen LogP contribution in [-0.2, 0) is 4.79 Å². The summed E-state index contributed by atoms with van der Waals surface area (Å²) in [4.78, 5) is 16.2. The molecule has 0 aliphatic rings. The van der Waals surface area contributed by atoms with Crippen molar-refractivity contribution in [3.05, 3.63) is 58.8 Å². The number of benzene rings is 1. The predicted octanol–water partition coefficient (Wildman–Crippen LogP) is 3.70. The number of amides is 1. The van der Waals surface area contributed by atoms with Crippen molar-refractivity contribution >= 4 is 33.3 Å². The van der Waals surface area contributed by atoms with Gasteiger partial charge in [0.05, 0.1) is 6.61 Å². The highest BCUT2D eigenvalue weighted by Gasteiger charge is 2.09. The first-order valence-electron chi connectivity index (χ1n) is 7.15. The van der Waals surface area contributed by atoms with E-state index in [-0.39, 0.29) is 5.57 Å². The minimum Gasteiger partial charge on any atom is -0.494 e. The van der Waals surface area contributed by atoms with Crippen LogP contribution >= 0.6 is 15.9 Å². The van der Waals surface area contributed by atoms with Crippen molar-refractivity contribution in [3.63, 3.8) is 0 Å². The number of carbonyl (C=O) groups excluding carboxylic acids is 1. The standard InChI is InChI=1S/C17H15BrN4O2/c1-2-24-15-5-3-14(4-6-15)22-17(23)12(10-19)11-21-16-9-13(18)7-8-20-16/h3-9,11H,2H2,1H3,(H,20,21)(H,22,23)/b12-11-. The second-order valence-electron chi connectivity index (χ2n) is 4.58. The molecule has 0 aliphatic carbocycles. The summed E-state index contributed by atoms with van der Waals surface area (Å²) >= 11 is 3.32. The second-order valence-corrected chi connectivity index (χ2v) is 5.50. The number of nitriles is 1. The Morgan fingerprint density at radius 2 is 2.12 bits per heavy atom. The lowest BCUT2D eigenvalue weighted by molar-refractivity contribution is -0.112. The molecule has 6 nitrogen and oxygen atoms in total. The zero-order valence-corrected chi connectivity index (χ0v) is 14.5. The first-order chi connectivity index (χ1) is 11.6. The SMILES string of the molecule is CCOc1ccc(NC(=O)/C(C#N)=C\Nc2cc(Br)ccn2)cc1. The number of hydrogen-bond donors (Lipinski definition) is 2. The summed E-state index contributed by atoms with van der Waals surface area (Å²) in [7, 11) is 0. The van der Waals surface area contributed by atoms with Crippen molar-refractivity contribution < 1.29 is 9.53 Å². The predicted molar refractivity (Wildman–Crippen MR) is 95.5 cm³/mol. The van der Waals surface area contributed by atoms with Gasteiger partial charge in [-0.2, -0.15) is 5.26 Å². The summed E-state index contributed by atoms with van der Waals surface area (Å²) in [6, 6.07) is 12.3. The fourth-order valence-corrected chi connectivity index (χ4v) is 2.11. The van der Waals surface area contributed by atoms with Gasteiger partial charge in [-0.15, -0.1) is 0 Å². The quantitative estimate of drug-likeness (QED) is 0.583. The fourth-order valence-electron chi connectivity index (χ4n) is 1.78. The van der Waals surface area contributed by atoms with Crippen LogP contribution in [0.5, 0.6) is 5.75 Å². The van der Waals surface area contributed by atoms with E-state index in [2.05, 4.69) is 31.5 Å². The molecule has 2 N–H and O–H groups in total. The second kappa shape index (κ2) is 8.70. The average Bonchev–Trinajstić information content (AvgIpc) is 2.57. The molecule has 0 saturated carbocycles. The lowest BCUT2D eigenvalue weighted by atomic mass is 10.2. The summed E-state index contributed by atoms with van der Waals surface area (Å²) in [6.07, 6.45) is 2.92. The Labute approximate surface area is 148 Å². The van der Waals surface area contributed by atoms with Crippen LogP contribution in [0.4, 0.5) is 11.5 Å². The highest BCUT2D eigenvalue weighted by Crippen LogP contribution is 2.16. The molecular weight excluding hydrogens is 372 g/mol. The number of aromatic nitrogens is 1. The third-order valence-corrected chi connectivity index (χ3v) is 3.37. The van der Waals surface area contributed by atoms with E-state index in [0.717, 1.165) is 4.47 Å². The lowest BCUT2D eigenvalue weighted by Crippen LogP contribution is -2.14. The van der Waals surface area contributed by atoms with E-state index in [1.807, 2.05) is 13.0 Å². The van der Waals surface area contributed by atoms with Gasteiger partial charge in [0.15, 0.2) is 0 Å². The summed E-state index contributed by atoms with van der Waals surface area (Å²) in [5.41, 5.74) is 0.510. The number of nitrogens with zero attached hydrogens (tertiary/aromatic N) is 2. The topological polar surface area (TPSA) is 87.0 Å². The van der Waals surface area contributed by atoms with Gasteiger partial charge in [0.1, 0.15) is 23.2 Å². The van der Waals surface area contributed by atoms with E-state index in [1.54, 1.807) is 42.6 Å². The zero-order chi connectivity index (χ0) is 17.4. The molecule has 0 saturated heterocycles. The summed E-state index contributed by atoms with van der Waals surface area (Å²) in [5, 5.41) is 14.6. The lowest BCUT2D eigenvalue weighted by Gasteiger charge is -2.07. The number of ether oxygens (including phenoxy) is 1. The Kier molecular flexibility index (Phi) is 6.34. The van der Waals surface area contributed by atoms with Gasteiger partial charge < -0.3 is 15.4 Å². The molecule has 0 fully saturated rings. The number of halogens is 1. The molecule has 0 atom stereocenters. The normalized spacial score (nSPS) is 10.6. The Balaban J connectivity index is 2.03. The van der Waals surface area contributed by atoms with E-state index in [4.69, 9.17) is 10.00 Å². The zero-order valence-electron chi connectivity index (χ0n) is 12.9. The van der Waals surface area contributed by atoms with E-state index >= 15 is 0 Å². The van der Waals surface area contributed by atoms with Crippen LogP contribution in [0.3, 0.4) is 0 Å². The molecule has 24 heavy (non-hydrogen) atoms. The van der Waals surface area contributed by atoms with Crippen LogP contribution in [-0.4, -0.2) is 17.5 Å². The number of rotatable bonds is 6. The summed E-state index contributed by atoms with van der Waals surface area (Å²) in [6.45, 7) is 2.47. The van der Waals surface area contributed by atoms with Gasteiger partial charge in [-0.3, -0.25) is 4.79 Å². The number of anilines is 2. The first-order valence-corrected chi connectivity index (χ1v) is 7.94. The highest BCUT2D eigenvalue weighted by molar-refractivity contribution is 9.10. The number of carbonyl (C=O) groups is 1. The van der Waals surface area contributed by atoms with Gasteiger partial charge in [0, 0.05) is 22.6 Å². The Morgan fingerprint density at radius 3 is 2.75 bits per heavy atom. The molecule has 2 rings (SSSR count). The maximum atomic E-state index is 12.1. The molecule has 1 heterocycles. The highest BCUT2D eigenvalue weighted by atomic mass is 79.9. The van der Waals surface area contributed by atoms with Crippen LogP contribution in [0.2, 0.25) is 0 Å². The van der Waals surface area contributed by atoms with E-state index in [0.29, 0.717) is 23.9 Å². The molecule has 1 aromatic heterocycles. The fraction of sp³-hybridized carbons (Fsp3) is 0.118. The summed E-state index contributed by atoms with van der Waals surface area (Å²) in [5.74, 6) is 0.726. The van der Waals surface area contributed by atoms with Crippen LogP contribution in [0, 0.1) is 11.3 Å². The molecule has 0 spiro atoms. The Morgan fingerprint density at radius 1 is 1.38 bits per heavy atom. The molecule has 7 heteroatoms. The number of pyridine rings is 1. The summed E-state index contributed by atoms with van der Waals surface area (Å²) < 4.78 is 6.17. The van der Waals surface area contributed by atoms with Crippen LogP contribution < -0.4 is 15.4 Å². The smallest absolute Gasteiger partial charge is 0.267 e. The number of hydrogen-bond acceptors (Lipinski definition) is 5. The minimum atomic E-state index is -0.510. The molecule has 1 amide bonds. The Hall–Kier alpha value is -2.85. The van der Waals surface area contributed by atoms with Gasteiger partial charge in [0.25, 0.3) is 5.91 Å². The molecule has 0 unspecified atom stereocenters. The van der Waals surface area contributed by atoms with Crippen molar-refractivity contribution in [3.8, 4) is 11.8 Å². The molecule has 122 valence electrons. The molecular formula is C17H15BrN4O2. The molecule has 0 aliphatic heterocycles. The van der Waals surface area contributed by atoms with Crippen molar-refractivity contribution in [1.29, 1.82) is 5.26 Å². The van der Waals surface area contributed by atoms with Gasteiger partial charge in [-0.05, 0) is 43.3 Å². The van der Waals surface area contributed by atoms with E-state index in [9.17, 15) is 4.79 Å². The van der Waals surface area contributed by atoms with Crippen molar-refractivity contribution in [1.82, 2.24) is 4.98 Å². The number of nitrogens with one attached hydrogen (secondary N) is 2. The molecule has 2 aromatic rings. The first kappa shape index (κ1) is 17.5. The molecule has 0 radical (unpaired) electrons. The maximum Gasteiger partial charge on any atom is 0.267 e. The third kappa shape index (κ3) is 5.11. The van der Waals surface area contributed by atoms with Crippen molar-refractivity contribution in [2.45, 2.75) is 6.92 Å². The monoisotopic (exact) mass is 386 g/mol. The van der Waals surface area contributed by atoms with E-state index in [1.165, 1.54) is 6.20 Å².